The van der Waals surface area contributed by atoms with Gasteiger partial charge in [0.1, 0.15) is 11.3 Å². The van der Waals surface area contributed by atoms with Crippen LogP contribution < -0.4 is 5.73 Å². The Morgan fingerprint density at radius 2 is 1.79 bits per heavy atom. The van der Waals surface area contributed by atoms with Gasteiger partial charge in [0.05, 0.1) is 0 Å². The van der Waals surface area contributed by atoms with Crippen LogP contribution in [0.25, 0.3) is 22.3 Å². The van der Waals surface area contributed by atoms with Crippen molar-refractivity contribution in [3.8, 4) is 11.3 Å². The van der Waals surface area contributed by atoms with E-state index in [1.165, 1.54) is 5.56 Å². The van der Waals surface area contributed by atoms with Crippen molar-refractivity contribution in [1.29, 1.82) is 0 Å². The lowest BCUT2D eigenvalue weighted by Crippen LogP contribution is -2.17. The lowest BCUT2D eigenvalue weighted by molar-refractivity contribution is 0.631. The first-order valence-electron chi connectivity index (χ1n) is 6.56. The van der Waals surface area contributed by atoms with Gasteiger partial charge in [0, 0.05) is 17.0 Å². The third kappa shape index (κ3) is 2.54. The number of hydrogen-bond donors (Lipinski definition) is 1. The van der Waals surface area contributed by atoms with E-state index in [0.717, 1.165) is 28.7 Å². The molecule has 2 heteroatoms. The smallest absolute Gasteiger partial charge is 0.135 e. The number of para-hydroxylation sites is 1. The van der Waals surface area contributed by atoms with Crippen LogP contribution in [0.5, 0.6) is 0 Å². The van der Waals surface area contributed by atoms with Gasteiger partial charge in [-0.1, -0.05) is 42.5 Å². The molecule has 2 N–H and O–H groups in total. The maximum atomic E-state index is 5.85. The molecule has 1 unspecified atom stereocenters. The van der Waals surface area contributed by atoms with Crippen LogP contribution in [0.15, 0.2) is 59.0 Å². The molecule has 0 amide bonds. The highest BCUT2D eigenvalue weighted by atomic mass is 16.3. The highest BCUT2D eigenvalue weighted by molar-refractivity contribution is 5.82. The Labute approximate surface area is 112 Å². The average molecular weight is 251 g/mol. The predicted octanol–water partition coefficient (Wildman–Crippen LogP) is 3.99. The Morgan fingerprint density at radius 3 is 2.47 bits per heavy atom. The summed E-state index contributed by atoms with van der Waals surface area (Å²) in [6.45, 7) is 2.02. The van der Waals surface area contributed by atoms with Crippen molar-refractivity contribution in [3.63, 3.8) is 0 Å². The number of nitrogens with two attached hydrogens (primary N) is 1. The molecule has 0 radical (unpaired) electrons. The number of benzene rings is 2. The summed E-state index contributed by atoms with van der Waals surface area (Å²) in [5.74, 6) is 0.911. The van der Waals surface area contributed by atoms with Crippen LogP contribution in [0.2, 0.25) is 0 Å². The van der Waals surface area contributed by atoms with Crippen molar-refractivity contribution in [2.75, 3.05) is 0 Å². The van der Waals surface area contributed by atoms with Crippen LogP contribution >= 0.6 is 0 Å². The van der Waals surface area contributed by atoms with Gasteiger partial charge in [0.15, 0.2) is 0 Å². The van der Waals surface area contributed by atoms with E-state index in [2.05, 4.69) is 36.4 Å². The molecule has 0 fully saturated rings. The SMILES string of the molecule is CC(N)Cc1ccc(-c2cc3ccccc3o2)cc1. The molecule has 3 aromatic rings. The molecule has 2 nitrogen and oxygen atoms in total. The summed E-state index contributed by atoms with van der Waals surface area (Å²) in [4.78, 5) is 0. The summed E-state index contributed by atoms with van der Waals surface area (Å²) in [5, 5.41) is 1.14. The number of hydrogen-bond acceptors (Lipinski definition) is 2. The van der Waals surface area contributed by atoms with E-state index < -0.39 is 0 Å². The fourth-order valence-corrected chi connectivity index (χ4v) is 2.30. The molecule has 19 heavy (non-hydrogen) atoms. The number of rotatable bonds is 3. The molecule has 0 saturated heterocycles. The zero-order valence-corrected chi connectivity index (χ0v) is 11.0. The molecule has 2 aromatic carbocycles. The van der Waals surface area contributed by atoms with Gasteiger partial charge < -0.3 is 10.2 Å². The Hall–Kier alpha value is -2.06. The molecule has 96 valence electrons. The van der Waals surface area contributed by atoms with Crippen LogP contribution in [0.3, 0.4) is 0 Å². The number of fused-ring (bicyclic) bond motifs is 1. The highest BCUT2D eigenvalue weighted by Gasteiger charge is 2.06. The fraction of sp³-hybridized carbons (Fsp3) is 0.176. The van der Waals surface area contributed by atoms with Crippen LogP contribution in [0.4, 0.5) is 0 Å². The average Bonchev–Trinajstić information content (AvgIpc) is 2.82. The third-order valence-electron chi connectivity index (χ3n) is 3.22. The second-order valence-corrected chi connectivity index (χ2v) is 5.03. The molecule has 1 aromatic heterocycles. The van der Waals surface area contributed by atoms with E-state index in [-0.39, 0.29) is 6.04 Å². The third-order valence-corrected chi connectivity index (χ3v) is 3.22. The van der Waals surface area contributed by atoms with Crippen LogP contribution in [-0.4, -0.2) is 6.04 Å². The lowest BCUT2D eigenvalue weighted by atomic mass is 10.0. The Balaban J connectivity index is 1.93. The van der Waals surface area contributed by atoms with Gasteiger partial charge in [-0.2, -0.15) is 0 Å². The standard InChI is InChI=1S/C17H17NO/c1-12(18)10-13-6-8-14(9-7-13)17-11-15-4-2-3-5-16(15)19-17/h2-9,11-12H,10,18H2,1H3. The van der Waals surface area contributed by atoms with Gasteiger partial charge in [-0.05, 0) is 31.0 Å². The van der Waals surface area contributed by atoms with Crippen molar-refractivity contribution >= 4 is 11.0 Å². The van der Waals surface area contributed by atoms with Gasteiger partial charge in [0.2, 0.25) is 0 Å². The van der Waals surface area contributed by atoms with E-state index in [1.54, 1.807) is 0 Å². The Bertz CT molecular complexity index is 647. The molecule has 0 bridgehead atoms. The Kier molecular flexibility index (Phi) is 3.10. The number of furan rings is 1. The first-order chi connectivity index (χ1) is 9.22. The maximum Gasteiger partial charge on any atom is 0.135 e. The van der Waals surface area contributed by atoms with E-state index in [1.807, 2.05) is 25.1 Å². The molecule has 1 heterocycles. The summed E-state index contributed by atoms with van der Waals surface area (Å²) in [7, 11) is 0. The minimum Gasteiger partial charge on any atom is -0.456 e. The van der Waals surface area contributed by atoms with Crippen molar-refractivity contribution in [1.82, 2.24) is 0 Å². The van der Waals surface area contributed by atoms with Gasteiger partial charge in [0.25, 0.3) is 0 Å². The zero-order chi connectivity index (χ0) is 13.2. The molecule has 0 saturated carbocycles. The van der Waals surface area contributed by atoms with E-state index in [0.29, 0.717) is 0 Å². The lowest BCUT2D eigenvalue weighted by Gasteiger charge is -2.05. The molecule has 0 aliphatic heterocycles. The van der Waals surface area contributed by atoms with Crippen molar-refractivity contribution in [2.24, 2.45) is 5.73 Å². The largest absolute Gasteiger partial charge is 0.456 e. The quantitative estimate of drug-likeness (QED) is 0.764. The molecule has 1 atom stereocenters. The summed E-state index contributed by atoms with van der Waals surface area (Å²) in [5.41, 5.74) is 9.09. The minimum atomic E-state index is 0.192. The molecule has 0 spiro atoms. The van der Waals surface area contributed by atoms with Crippen molar-refractivity contribution in [2.45, 2.75) is 19.4 Å². The van der Waals surface area contributed by atoms with Gasteiger partial charge >= 0.3 is 0 Å². The topological polar surface area (TPSA) is 39.2 Å². The van der Waals surface area contributed by atoms with Crippen molar-refractivity contribution < 1.29 is 4.42 Å². The molecule has 0 aliphatic rings. The predicted molar refractivity (Wildman–Crippen MR) is 79.0 cm³/mol. The van der Waals surface area contributed by atoms with Crippen LogP contribution in [0, 0.1) is 0 Å². The second-order valence-electron chi connectivity index (χ2n) is 5.03. The zero-order valence-electron chi connectivity index (χ0n) is 11.0. The first-order valence-corrected chi connectivity index (χ1v) is 6.56. The van der Waals surface area contributed by atoms with E-state index >= 15 is 0 Å². The molecular formula is C17H17NO. The minimum absolute atomic E-state index is 0.192. The Morgan fingerprint density at radius 1 is 1.05 bits per heavy atom. The maximum absolute atomic E-state index is 5.85. The fourth-order valence-electron chi connectivity index (χ4n) is 2.30. The summed E-state index contributed by atoms with van der Waals surface area (Å²) in [6.07, 6.45) is 0.903. The molecule has 0 aliphatic carbocycles. The molecular weight excluding hydrogens is 234 g/mol. The normalized spacial score (nSPS) is 12.7. The summed E-state index contributed by atoms with van der Waals surface area (Å²) >= 11 is 0. The second kappa shape index (κ2) is 4.90. The van der Waals surface area contributed by atoms with Crippen molar-refractivity contribution in [3.05, 3.63) is 60.2 Å². The first kappa shape index (κ1) is 12.0. The van der Waals surface area contributed by atoms with E-state index in [4.69, 9.17) is 10.2 Å². The van der Waals surface area contributed by atoms with E-state index in [9.17, 15) is 0 Å². The van der Waals surface area contributed by atoms with Gasteiger partial charge in [-0.15, -0.1) is 0 Å². The highest BCUT2D eigenvalue weighted by Crippen LogP contribution is 2.27. The van der Waals surface area contributed by atoms with Gasteiger partial charge in [-0.25, -0.2) is 0 Å². The summed E-state index contributed by atoms with van der Waals surface area (Å²) in [6, 6.07) is 18.8. The molecule has 3 rings (SSSR count). The van der Waals surface area contributed by atoms with Gasteiger partial charge in [-0.3, -0.25) is 0 Å². The monoisotopic (exact) mass is 251 g/mol. The summed E-state index contributed by atoms with van der Waals surface area (Å²) < 4.78 is 5.85. The van der Waals surface area contributed by atoms with Crippen LogP contribution in [-0.2, 0) is 6.42 Å². The van der Waals surface area contributed by atoms with Crippen LogP contribution in [0.1, 0.15) is 12.5 Å².